The molecule has 0 aromatic heterocycles. The minimum absolute atomic E-state index is 1.04. The van der Waals surface area contributed by atoms with Gasteiger partial charge in [0, 0.05) is 17.1 Å². The Morgan fingerprint density at radius 2 is 0.795 bits per heavy atom. The van der Waals surface area contributed by atoms with Crippen LogP contribution < -0.4 is 9.91 Å². The zero-order chi connectivity index (χ0) is 30.1. The van der Waals surface area contributed by atoms with Gasteiger partial charge >= 0.3 is 0 Å². The van der Waals surface area contributed by atoms with E-state index in [9.17, 15) is 0 Å². The molecule has 6 aromatic carbocycles. The van der Waals surface area contributed by atoms with Crippen LogP contribution in [-0.4, -0.2) is 6.21 Å². The standard InChI is InChI=1S/C41H35N3/c1-32-13-9-11-19-40(32)44(41-20-12-10-14-33(41)2)42-31-36-25-23-34(24-26-36)21-22-35-27-29-39(30-28-35)43(37-15-5-3-6-16-37)38-17-7-4-8-18-38/h3-31H,1-2H3/b22-21+,42-31+. The van der Waals surface area contributed by atoms with Gasteiger partial charge in [-0.25, -0.2) is 5.01 Å². The second-order valence-electron chi connectivity index (χ2n) is 10.7. The van der Waals surface area contributed by atoms with Crippen molar-refractivity contribution in [1.29, 1.82) is 0 Å². The van der Waals surface area contributed by atoms with Gasteiger partial charge in [-0.3, -0.25) is 0 Å². The van der Waals surface area contributed by atoms with Gasteiger partial charge in [-0.15, -0.1) is 0 Å². The van der Waals surface area contributed by atoms with E-state index in [0.717, 1.165) is 45.1 Å². The molecule has 6 rings (SSSR count). The van der Waals surface area contributed by atoms with Gasteiger partial charge in [-0.05, 0) is 90.2 Å². The summed E-state index contributed by atoms with van der Waals surface area (Å²) in [7, 11) is 0. The Morgan fingerprint density at radius 1 is 0.409 bits per heavy atom. The number of aryl methyl sites for hydroxylation is 2. The molecule has 3 heteroatoms. The predicted molar refractivity (Wildman–Crippen MR) is 189 cm³/mol. The Morgan fingerprint density at radius 3 is 1.27 bits per heavy atom. The average molecular weight is 570 g/mol. The van der Waals surface area contributed by atoms with Crippen molar-refractivity contribution in [1.82, 2.24) is 0 Å². The summed E-state index contributed by atoms with van der Waals surface area (Å²) < 4.78 is 0. The molecule has 0 aliphatic heterocycles. The molecule has 44 heavy (non-hydrogen) atoms. The summed E-state index contributed by atoms with van der Waals surface area (Å²) in [6.45, 7) is 4.24. The zero-order valence-electron chi connectivity index (χ0n) is 25.1. The normalized spacial score (nSPS) is 11.2. The van der Waals surface area contributed by atoms with Crippen LogP contribution in [0, 0.1) is 13.8 Å². The van der Waals surface area contributed by atoms with E-state index < -0.39 is 0 Å². The number of rotatable bonds is 9. The minimum atomic E-state index is 1.04. The Bertz CT molecular complexity index is 1770. The Hall–Kier alpha value is -5.67. The first kappa shape index (κ1) is 28.4. The molecule has 0 atom stereocenters. The lowest BCUT2D eigenvalue weighted by molar-refractivity contribution is 1.07. The third-order valence-electron chi connectivity index (χ3n) is 7.59. The van der Waals surface area contributed by atoms with E-state index >= 15 is 0 Å². The van der Waals surface area contributed by atoms with Gasteiger partial charge in [0.05, 0.1) is 17.6 Å². The summed E-state index contributed by atoms with van der Waals surface area (Å²) in [6, 6.07) is 54.8. The van der Waals surface area contributed by atoms with Crippen molar-refractivity contribution in [3.63, 3.8) is 0 Å². The van der Waals surface area contributed by atoms with Crippen LogP contribution in [0.5, 0.6) is 0 Å². The van der Waals surface area contributed by atoms with E-state index in [1.807, 2.05) is 23.4 Å². The van der Waals surface area contributed by atoms with Gasteiger partial charge in [0.2, 0.25) is 0 Å². The van der Waals surface area contributed by atoms with Crippen molar-refractivity contribution in [2.24, 2.45) is 5.10 Å². The summed E-state index contributed by atoms with van der Waals surface area (Å²) in [5.41, 5.74) is 11.2. The first-order chi connectivity index (χ1) is 21.7. The van der Waals surface area contributed by atoms with E-state index in [0.29, 0.717) is 0 Å². The number of hydrogen-bond acceptors (Lipinski definition) is 3. The highest BCUT2D eigenvalue weighted by molar-refractivity contribution is 5.83. The molecular formula is C41H35N3. The van der Waals surface area contributed by atoms with Crippen LogP contribution in [0.4, 0.5) is 28.4 Å². The van der Waals surface area contributed by atoms with Crippen molar-refractivity contribution < 1.29 is 0 Å². The number of para-hydroxylation sites is 4. The maximum atomic E-state index is 4.93. The topological polar surface area (TPSA) is 18.8 Å². The molecule has 0 N–H and O–H groups in total. The maximum absolute atomic E-state index is 4.93. The molecule has 0 fully saturated rings. The van der Waals surface area contributed by atoms with Crippen LogP contribution >= 0.6 is 0 Å². The quantitative estimate of drug-likeness (QED) is 0.0980. The molecule has 0 saturated carbocycles. The smallest absolute Gasteiger partial charge is 0.0681 e. The highest BCUT2D eigenvalue weighted by Gasteiger charge is 2.13. The maximum Gasteiger partial charge on any atom is 0.0681 e. The zero-order valence-corrected chi connectivity index (χ0v) is 25.1. The molecule has 0 radical (unpaired) electrons. The van der Waals surface area contributed by atoms with Crippen LogP contribution in [0.2, 0.25) is 0 Å². The number of hydrazone groups is 1. The number of hydrogen-bond donors (Lipinski definition) is 0. The third-order valence-corrected chi connectivity index (χ3v) is 7.59. The van der Waals surface area contributed by atoms with E-state index in [2.05, 4.69) is 176 Å². The van der Waals surface area contributed by atoms with Crippen LogP contribution in [0.3, 0.4) is 0 Å². The van der Waals surface area contributed by atoms with Crippen LogP contribution in [0.15, 0.2) is 163 Å². The molecule has 0 aliphatic rings. The highest BCUT2D eigenvalue weighted by atomic mass is 15.5. The lowest BCUT2D eigenvalue weighted by Gasteiger charge is -2.25. The molecule has 3 nitrogen and oxygen atoms in total. The second kappa shape index (κ2) is 13.5. The second-order valence-corrected chi connectivity index (χ2v) is 10.7. The first-order valence-corrected chi connectivity index (χ1v) is 14.9. The SMILES string of the molecule is Cc1ccccc1N(/N=C/c1ccc(/C=C/c2ccc(N(c3ccccc3)c3ccccc3)cc2)cc1)c1ccccc1C. The van der Waals surface area contributed by atoms with Gasteiger partial charge in [0.1, 0.15) is 0 Å². The molecule has 6 aromatic rings. The van der Waals surface area contributed by atoms with Gasteiger partial charge in [-0.2, -0.15) is 5.10 Å². The van der Waals surface area contributed by atoms with E-state index in [1.165, 1.54) is 11.1 Å². The lowest BCUT2D eigenvalue weighted by atomic mass is 10.1. The van der Waals surface area contributed by atoms with E-state index in [4.69, 9.17) is 5.10 Å². The molecule has 0 bridgehead atoms. The third kappa shape index (κ3) is 6.69. The fraction of sp³-hybridized carbons (Fsp3) is 0.0488. The summed E-state index contributed by atoms with van der Waals surface area (Å²) in [5, 5.41) is 6.96. The number of anilines is 5. The Balaban J connectivity index is 1.18. The van der Waals surface area contributed by atoms with Crippen LogP contribution in [0.1, 0.15) is 27.8 Å². The fourth-order valence-electron chi connectivity index (χ4n) is 5.20. The highest BCUT2D eigenvalue weighted by Crippen LogP contribution is 2.34. The van der Waals surface area contributed by atoms with Crippen LogP contribution in [0.25, 0.3) is 12.2 Å². The molecule has 0 heterocycles. The van der Waals surface area contributed by atoms with Gasteiger partial charge < -0.3 is 4.90 Å². The van der Waals surface area contributed by atoms with E-state index in [1.54, 1.807) is 0 Å². The lowest BCUT2D eigenvalue weighted by Crippen LogP contribution is -2.12. The molecular weight excluding hydrogens is 534 g/mol. The molecule has 214 valence electrons. The van der Waals surface area contributed by atoms with Gasteiger partial charge in [-0.1, -0.05) is 121 Å². The Kier molecular flexibility index (Phi) is 8.75. The fourth-order valence-corrected chi connectivity index (χ4v) is 5.20. The average Bonchev–Trinajstić information content (AvgIpc) is 3.07. The monoisotopic (exact) mass is 569 g/mol. The molecule has 0 amide bonds. The summed E-state index contributed by atoms with van der Waals surface area (Å²) in [4.78, 5) is 2.27. The minimum Gasteiger partial charge on any atom is -0.311 e. The van der Waals surface area contributed by atoms with Crippen molar-refractivity contribution >= 4 is 46.8 Å². The van der Waals surface area contributed by atoms with Crippen molar-refractivity contribution in [3.05, 3.63) is 186 Å². The first-order valence-electron chi connectivity index (χ1n) is 14.9. The summed E-state index contributed by atoms with van der Waals surface area (Å²) >= 11 is 0. The predicted octanol–water partition coefficient (Wildman–Crippen LogP) is 11.1. The molecule has 0 aliphatic carbocycles. The molecule has 0 spiro atoms. The van der Waals surface area contributed by atoms with Gasteiger partial charge in [0.25, 0.3) is 0 Å². The van der Waals surface area contributed by atoms with Crippen molar-refractivity contribution in [3.8, 4) is 0 Å². The molecule has 0 saturated heterocycles. The number of nitrogens with zero attached hydrogens (tertiary/aromatic N) is 3. The van der Waals surface area contributed by atoms with Crippen molar-refractivity contribution in [2.45, 2.75) is 13.8 Å². The van der Waals surface area contributed by atoms with E-state index in [-0.39, 0.29) is 0 Å². The van der Waals surface area contributed by atoms with Crippen LogP contribution in [-0.2, 0) is 0 Å². The summed E-state index contributed by atoms with van der Waals surface area (Å²) in [5.74, 6) is 0. The number of benzene rings is 6. The largest absolute Gasteiger partial charge is 0.311 e. The molecule has 0 unspecified atom stereocenters. The van der Waals surface area contributed by atoms with Gasteiger partial charge in [0.15, 0.2) is 0 Å². The Labute approximate surface area is 260 Å². The summed E-state index contributed by atoms with van der Waals surface area (Å²) in [6.07, 6.45) is 6.23. The van der Waals surface area contributed by atoms with Crippen molar-refractivity contribution in [2.75, 3.05) is 9.91 Å².